The highest BCUT2D eigenvalue weighted by molar-refractivity contribution is 5.78. The summed E-state index contributed by atoms with van der Waals surface area (Å²) in [4.78, 5) is 24.3. The molecular weight excluding hydrogens is 194 g/mol. The zero-order chi connectivity index (χ0) is 10.8. The molecule has 0 radical (unpaired) electrons. The van der Waals surface area contributed by atoms with E-state index in [1.807, 2.05) is 4.90 Å². The molecule has 0 bridgehead atoms. The molecule has 0 atom stereocenters. The first kappa shape index (κ1) is 10.5. The Labute approximate surface area is 89.6 Å². The van der Waals surface area contributed by atoms with E-state index in [0.29, 0.717) is 19.2 Å². The fraction of sp³-hybridized carbons (Fsp3) is 0.818. The topological polar surface area (TPSA) is 46.6 Å². The first-order valence-electron chi connectivity index (χ1n) is 5.62. The highest BCUT2D eigenvalue weighted by Gasteiger charge is 2.33. The van der Waals surface area contributed by atoms with Crippen molar-refractivity contribution < 1.29 is 14.3 Å². The van der Waals surface area contributed by atoms with Crippen LogP contribution >= 0.6 is 0 Å². The number of cyclic esters (lactones) is 1. The summed E-state index contributed by atoms with van der Waals surface area (Å²) in [7, 11) is 0. The third kappa shape index (κ3) is 2.13. The molecule has 1 heterocycles. The van der Waals surface area contributed by atoms with E-state index in [9.17, 15) is 9.59 Å². The van der Waals surface area contributed by atoms with Gasteiger partial charge in [0.1, 0.15) is 12.4 Å². The van der Waals surface area contributed by atoms with Gasteiger partial charge in [-0.3, -0.25) is 4.79 Å². The second-order valence-corrected chi connectivity index (χ2v) is 4.42. The highest BCUT2D eigenvalue weighted by atomic mass is 16.6. The summed E-state index contributed by atoms with van der Waals surface area (Å²) in [5.74, 6) is 0.511. The zero-order valence-electron chi connectivity index (χ0n) is 9.07. The second kappa shape index (κ2) is 4.21. The van der Waals surface area contributed by atoms with Crippen LogP contribution in [0.15, 0.2) is 0 Å². The van der Waals surface area contributed by atoms with Crippen LogP contribution in [0, 0.1) is 5.92 Å². The van der Waals surface area contributed by atoms with Crippen molar-refractivity contribution >= 4 is 11.9 Å². The molecule has 0 spiro atoms. The molecule has 1 saturated heterocycles. The maximum atomic E-state index is 11.3. The first-order valence-corrected chi connectivity index (χ1v) is 5.62. The van der Waals surface area contributed by atoms with Crippen molar-refractivity contribution in [3.63, 3.8) is 0 Å². The van der Waals surface area contributed by atoms with Gasteiger partial charge in [-0.1, -0.05) is 0 Å². The lowest BCUT2D eigenvalue weighted by Crippen LogP contribution is -2.39. The Balaban J connectivity index is 1.87. The van der Waals surface area contributed by atoms with Crippen molar-refractivity contribution in [1.29, 1.82) is 0 Å². The molecule has 2 fully saturated rings. The van der Waals surface area contributed by atoms with Crippen LogP contribution in [0.5, 0.6) is 0 Å². The summed E-state index contributed by atoms with van der Waals surface area (Å²) < 4.78 is 4.91. The standard InChI is InChI=1S/C11H17NO3/c1-8(13)9-2-4-10(5-3-9)12-6-7-15-11(12)14/h9-10H,2-7H2,1H3/t9-,10-. The summed E-state index contributed by atoms with van der Waals surface area (Å²) in [5, 5.41) is 0. The molecule has 1 aliphatic heterocycles. The highest BCUT2D eigenvalue weighted by Crippen LogP contribution is 2.29. The van der Waals surface area contributed by atoms with E-state index in [1.54, 1.807) is 6.92 Å². The van der Waals surface area contributed by atoms with Crippen LogP contribution < -0.4 is 0 Å². The van der Waals surface area contributed by atoms with Crippen LogP contribution in [0.25, 0.3) is 0 Å². The van der Waals surface area contributed by atoms with Crippen molar-refractivity contribution in [1.82, 2.24) is 4.90 Å². The summed E-state index contributed by atoms with van der Waals surface area (Å²) >= 11 is 0. The number of ether oxygens (including phenoxy) is 1. The normalized spacial score (nSPS) is 31.5. The van der Waals surface area contributed by atoms with Gasteiger partial charge >= 0.3 is 6.09 Å². The third-order valence-electron chi connectivity index (χ3n) is 3.50. The monoisotopic (exact) mass is 211 g/mol. The summed E-state index contributed by atoms with van der Waals surface area (Å²) in [6.07, 6.45) is 3.55. The van der Waals surface area contributed by atoms with Gasteiger partial charge in [0.05, 0.1) is 6.54 Å². The van der Waals surface area contributed by atoms with E-state index >= 15 is 0 Å². The molecular formula is C11H17NO3. The van der Waals surface area contributed by atoms with Crippen molar-refractivity contribution in [3.05, 3.63) is 0 Å². The number of Topliss-reactive ketones (excluding diaryl/α,β-unsaturated/α-hetero) is 1. The fourth-order valence-corrected chi connectivity index (χ4v) is 2.53. The number of rotatable bonds is 2. The van der Waals surface area contributed by atoms with E-state index in [4.69, 9.17) is 4.74 Å². The van der Waals surface area contributed by atoms with Gasteiger partial charge in [-0.25, -0.2) is 4.79 Å². The van der Waals surface area contributed by atoms with E-state index < -0.39 is 0 Å². The van der Waals surface area contributed by atoms with E-state index in [0.717, 1.165) is 25.7 Å². The average Bonchev–Trinajstić information content (AvgIpc) is 2.65. The van der Waals surface area contributed by atoms with Crippen LogP contribution in [-0.2, 0) is 9.53 Å². The minimum Gasteiger partial charge on any atom is -0.448 e. The van der Waals surface area contributed by atoms with Gasteiger partial charge in [-0.05, 0) is 32.6 Å². The second-order valence-electron chi connectivity index (χ2n) is 4.42. The minimum atomic E-state index is -0.179. The molecule has 0 aromatic heterocycles. The first-order chi connectivity index (χ1) is 7.18. The van der Waals surface area contributed by atoms with Gasteiger partial charge in [0.25, 0.3) is 0 Å². The molecule has 1 aliphatic carbocycles. The van der Waals surface area contributed by atoms with Gasteiger partial charge in [-0.15, -0.1) is 0 Å². The number of carbonyl (C=O) groups is 2. The number of amides is 1. The lowest BCUT2D eigenvalue weighted by atomic mass is 9.83. The molecule has 0 unspecified atom stereocenters. The maximum absolute atomic E-state index is 11.3. The van der Waals surface area contributed by atoms with Gasteiger partial charge in [-0.2, -0.15) is 0 Å². The van der Waals surface area contributed by atoms with Crippen LogP contribution in [0.1, 0.15) is 32.6 Å². The maximum Gasteiger partial charge on any atom is 0.410 e. The Hall–Kier alpha value is -1.06. The molecule has 1 saturated carbocycles. The molecule has 4 nitrogen and oxygen atoms in total. The lowest BCUT2D eigenvalue weighted by Gasteiger charge is -2.32. The number of hydrogen-bond donors (Lipinski definition) is 0. The molecule has 2 aliphatic rings. The Kier molecular flexibility index (Phi) is 2.93. The van der Waals surface area contributed by atoms with E-state index in [1.165, 1.54) is 0 Å². The molecule has 0 N–H and O–H groups in total. The van der Waals surface area contributed by atoms with Crippen molar-refractivity contribution in [2.24, 2.45) is 5.92 Å². The van der Waals surface area contributed by atoms with Crippen molar-refractivity contribution in [3.8, 4) is 0 Å². The third-order valence-corrected chi connectivity index (χ3v) is 3.50. The molecule has 2 rings (SSSR count). The van der Waals surface area contributed by atoms with Gasteiger partial charge in [0, 0.05) is 12.0 Å². The predicted octanol–water partition coefficient (Wildman–Crippen LogP) is 1.59. The molecule has 1 amide bonds. The SMILES string of the molecule is CC(=O)[C@H]1CC[C@H](N2CCOC2=O)CC1. The lowest BCUT2D eigenvalue weighted by molar-refractivity contribution is -0.121. The molecule has 0 aromatic carbocycles. The Morgan fingerprint density at radius 3 is 2.47 bits per heavy atom. The van der Waals surface area contributed by atoms with Gasteiger partial charge in [0.15, 0.2) is 0 Å². The fourth-order valence-electron chi connectivity index (χ4n) is 2.53. The molecule has 0 aromatic rings. The summed E-state index contributed by atoms with van der Waals surface area (Å²) in [6.45, 7) is 2.90. The molecule has 15 heavy (non-hydrogen) atoms. The van der Waals surface area contributed by atoms with Crippen molar-refractivity contribution in [2.75, 3.05) is 13.2 Å². The number of hydrogen-bond acceptors (Lipinski definition) is 3. The predicted molar refractivity (Wildman–Crippen MR) is 54.5 cm³/mol. The number of nitrogens with zero attached hydrogens (tertiary/aromatic N) is 1. The Bertz CT molecular complexity index is 269. The van der Waals surface area contributed by atoms with Gasteiger partial charge in [0.2, 0.25) is 0 Å². The van der Waals surface area contributed by atoms with Gasteiger partial charge < -0.3 is 9.64 Å². The van der Waals surface area contributed by atoms with E-state index in [-0.39, 0.29) is 17.8 Å². The molecule has 4 heteroatoms. The van der Waals surface area contributed by atoms with Crippen LogP contribution in [-0.4, -0.2) is 36.0 Å². The molecule has 84 valence electrons. The van der Waals surface area contributed by atoms with Crippen molar-refractivity contribution in [2.45, 2.75) is 38.6 Å². The van der Waals surface area contributed by atoms with Crippen LogP contribution in [0.4, 0.5) is 4.79 Å². The summed E-state index contributed by atoms with van der Waals surface area (Å²) in [6, 6.07) is 0.301. The quantitative estimate of drug-likeness (QED) is 0.696. The van der Waals surface area contributed by atoms with Crippen LogP contribution in [0.2, 0.25) is 0 Å². The number of carbonyl (C=O) groups excluding carboxylic acids is 2. The Morgan fingerprint density at radius 1 is 1.33 bits per heavy atom. The zero-order valence-corrected chi connectivity index (χ0v) is 9.07. The van der Waals surface area contributed by atoms with E-state index in [2.05, 4.69) is 0 Å². The minimum absolute atomic E-state index is 0.179. The summed E-state index contributed by atoms with van der Waals surface area (Å²) in [5.41, 5.74) is 0. The average molecular weight is 211 g/mol. The Morgan fingerprint density at radius 2 is 2.00 bits per heavy atom. The van der Waals surface area contributed by atoms with Crippen LogP contribution in [0.3, 0.4) is 0 Å². The number of ketones is 1. The smallest absolute Gasteiger partial charge is 0.410 e. The largest absolute Gasteiger partial charge is 0.448 e.